The van der Waals surface area contributed by atoms with Gasteiger partial charge in [-0.1, -0.05) is 11.3 Å². The summed E-state index contributed by atoms with van der Waals surface area (Å²) in [7, 11) is 0. The number of pyridine rings is 1. The van der Waals surface area contributed by atoms with E-state index in [2.05, 4.69) is 20.3 Å². The van der Waals surface area contributed by atoms with E-state index in [0.717, 1.165) is 23.8 Å². The van der Waals surface area contributed by atoms with Gasteiger partial charge >= 0.3 is 0 Å². The van der Waals surface area contributed by atoms with Gasteiger partial charge in [0.05, 0.1) is 18.4 Å². The van der Waals surface area contributed by atoms with E-state index < -0.39 is 0 Å². The maximum atomic E-state index is 9.85. The topological polar surface area (TPSA) is 85.4 Å². The summed E-state index contributed by atoms with van der Waals surface area (Å²) >= 11 is 1.39. The van der Waals surface area contributed by atoms with Crippen molar-refractivity contribution in [2.24, 2.45) is 0 Å². The quantitative estimate of drug-likeness (QED) is 0.768. The van der Waals surface area contributed by atoms with E-state index in [-0.39, 0.29) is 11.7 Å². The molecule has 0 spiro atoms. The van der Waals surface area contributed by atoms with Crippen LogP contribution in [-0.2, 0) is 4.74 Å². The molecule has 1 N–H and O–H groups in total. The van der Waals surface area contributed by atoms with Crippen molar-refractivity contribution in [1.29, 1.82) is 0 Å². The molecule has 1 atom stereocenters. The lowest BCUT2D eigenvalue weighted by molar-refractivity contribution is 0.193. The van der Waals surface area contributed by atoms with Crippen molar-refractivity contribution in [3.8, 4) is 16.3 Å². The SMILES string of the molecule is Oc1cnccc1-c1nn2c(C3CCOC3)nnc2s1. The minimum Gasteiger partial charge on any atom is -0.506 e. The minimum absolute atomic E-state index is 0.114. The number of fused-ring (bicyclic) bond motifs is 1. The number of nitrogens with zero attached hydrogens (tertiary/aromatic N) is 5. The van der Waals surface area contributed by atoms with E-state index in [1.54, 1.807) is 16.8 Å². The molecule has 102 valence electrons. The van der Waals surface area contributed by atoms with Crippen LogP contribution in [0.4, 0.5) is 0 Å². The van der Waals surface area contributed by atoms with Gasteiger partial charge in [0.15, 0.2) is 10.8 Å². The van der Waals surface area contributed by atoms with Gasteiger partial charge in [-0.2, -0.15) is 9.61 Å². The third kappa shape index (κ3) is 1.76. The number of aromatic hydroxyl groups is 1. The molecule has 1 aliphatic rings. The first-order valence-corrected chi connectivity index (χ1v) is 7.08. The third-order valence-corrected chi connectivity index (χ3v) is 4.27. The minimum atomic E-state index is 0.114. The molecule has 4 heterocycles. The van der Waals surface area contributed by atoms with Crippen molar-refractivity contribution in [1.82, 2.24) is 24.8 Å². The highest BCUT2D eigenvalue weighted by Gasteiger charge is 2.25. The summed E-state index contributed by atoms with van der Waals surface area (Å²) < 4.78 is 7.14. The fraction of sp³-hybridized carbons (Fsp3) is 0.333. The van der Waals surface area contributed by atoms with E-state index in [1.165, 1.54) is 17.5 Å². The molecular weight excluding hydrogens is 278 g/mol. The molecule has 0 saturated carbocycles. The molecule has 0 aromatic carbocycles. The summed E-state index contributed by atoms with van der Waals surface area (Å²) in [5, 5.41) is 23.4. The summed E-state index contributed by atoms with van der Waals surface area (Å²) in [5.74, 6) is 1.18. The Balaban J connectivity index is 1.81. The zero-order chi connectivity index (χ0) is 13.5. The molecule has 0 aliphatic carbocycles. The van der Waals surface area contributed by atoms with Crippen molar-refractivity contribution in [2.75, 3.05) is 13.2 Å². The van der Waals surface area contributed by atoms with Gasteiger partial charge in [0.25, 0.3) is 0 Å². The Bertz CT molecular complexity index is 762. The summed E-state index contributed by atoms with van der Waals surface area (Å²) in [6, 6.07) is 1.74. The molecule has 20 heavy (non-hydrogen) atoms. The molecule has 4 rings (SSSR count). The Morgan fingerprint density at radius 3 is 3.15 bits per heavy atom. The van der Waals surface area contributed by atoms with Crippen LogP contribution in [0.2, 0.25) is 0 Å². The lowest BCUT2D eigenvalue weighted by atomic mass is 10.1. The van der Waals surface area contributed by atoms with Gasteiger partial charge in [-0.05, 0) is 12.5 Å². The third-order valence-electron chi connectivity index (χ3n) is 3.34. The van der Waals surface area contributed by atoms with Crippen LogP contribution in [0.5, 0.6) is 5.75 Å². The van der Waals surface area contributed by atoms with Crippen molar-refractivity contribution < 1.29 is 9.84 Å². The summed E-state index contributed by atoms with van der Waals surface area (Å²) in [6.45, 7) is 1.41. The van der Waals surface area contributed by atoms with Gasteiger partial charge < -0.3 is 9.84 Å². The van der Waals surface area contributed by atoms with Gasteiger partial charge in [0.1, 0.15) is 5.75 Å². The van der Waals surface area contributed by atoms with Crippen molar-refractivity contribution in [3.05, 3.63) is 24.3 Å². The maximum absolute atomic E-state index is 9.85. The normalized spacial score (nSPS) is 18.9. The Morgan fingerprint density at radius 2 is 2.35 bits per heavy atom. The average Bonchev–Trinajstić information content (AvgIpc) is 3.14. The zero-order valence-corrected chi connectivity index (χ0v) is 11.2. The number of ether oxygens (including phenoxy) is 1. The van der Waals surface area contributed by atoms with Crippen LogP contribution in [0, 0.1) is 0 Å². The van der Waals surface area contributed by atoms with Crippen LogP contribution in [0.3, 0.4) is 0 Å². The number of hydrogen-bond donors (Lipinski definition) is 1. The van der Waals surface area contributed by atoms with Crippen molar-refractivity contribution in [2.45, 2.75) is 12.3 Å². The Hall–Kier alpha value is -2.06. The van der Waals surface area contributed by atoms with E-state index in [9.17, 15) is 5.11 Å². The lowest BCUT2D eigenvalue weighted by Crippen LogP contribution is -2.04. The van der Waals surface area contributed by atoms with Gasteiger partial charge in [0, 0.05) is 18.7 Å². The van der Waals surface area contributed by atoms with Crippen molar-refractivity contribution in [3.63, 3.8) is 0 Å². The smallest absolute Gasteiger partial charge is 0.234 e. The van der Waals surface area contributed by atoms with Crippen LogP contribution < -0.4 is 0 Å². The Labute approximate surface area is 117 Å². The van der Waals surface area contributed by atoms with E-state index in [0.29, 0.717) is 17.2 Å². The van der Waals surface area contributed by atoms with Gasteiger partial charge in [-0.25, -0.2) is 0 Å². The van der Waals surface area contributed by atoms with Crippen LogP contribution in [-0.4, -0.2) is 43.1 Å². The van der Waals surface area contributed by atoms with Crippen LogP contribution >= 0.6 is 11.3 Å². The fourth-order valence-electron chi connectivity index (χ4n) is 2.30. The van der Waals surface area contributed by atoms with E-state index in [1.807, 2.05) is 0 Å². The van der Waals surface area contributed by atoms with E-state index in [4.69, 9.17) is 4.74 Å². The van der Waals surface area contributed by atoms with Gasteiger partial charge in [-0.15, -0.1) is 10.2 Å². The summed E-state index contributed by atoms with van der Waals surface area (Å²) in [4.78, 5) is 4.59. The van der Waals surface area contributed by atoms with Crippen LogP contribution in [0.1, 0.15) is 18.2 Å². The predicted molar refractivity (Wildman–Crippen MR) is 71.7 cm³/mol. The lowest BCUT2D eigenvalue weighted by Gasteiger charge is -2.02. The Morgan fingerprint density at radius 1 is 1.40 bits per heavy atom. The molecule has 1 fully saturated rings. The first-order valence-electron chi connectivity index (χ1n) is 6.26. The standard InChI is InChI=1S/C12H11N5O2S/c18-9-5-13-3-1-8(9)11-16-17-10(7-2-4-19-6-7)14-15-12(17)20-11/h1,3,5,7,18H,2,4,6H2. The largest absolute Gasteiger partial charge is 0.506 e. The molecule has 0 bridgehead atoms. The molecule has 8 heteroatoms. The predicted octanol–water partition coefficient (Wildman–Crippen LogP) is 1.46. The molecule has 1 saturated heterocycles. The van der Waals surface area contributed by atoms with Gasteiger partial charge in [-0.3, -0.25) is 4.98 Å². The average molecular weight is 289 g/mol. The molecule has 0 radical (unpaired) electrons. The molecule has 7 nitrogen and oxygen atoms in total. The van der Waals surface area contributed by atoms with E-state index >= 15 is 0 Å². The van der Waals surface area contributed by atoms with Crippen LogP contribution in [0.25, 0.3) is 15.5 Å². The zero-order valence-electron chi connectivity index (χ0n) is 10.4. The number of hydrogen-bond acceptors (Lipinski definition) is 7. The monoisotopic (exact) mass is 289 g/mol. The highest BCUT2D eigenvalue weighted by atomic mass is 32.1. The first kappa shape index (κ1) is 11.7. The van der Waals surface area contributed by atoms with Gasteiger partial charge in [0.2, 0.25) is 4.96 Å². The molecule has 3 aromatic heterocycles. The second kappa shape index (κ2) is 4.50. The molecule has 1 unspecified atom stereocenters. The second-order valence-corrected chi connectivity index (χ2v) is 5.57. The fourth-order valence-corrected chi connectivity index (χ4v) is 3.18. The molecular formula is C12H11N5O2S. The van der Waals surface area contributed by atoms with Crippen molar-refractivity contribution >= 4 is 16.3 Å². The summed E-state index contributed by atoms with van der Waals surface area (Å²) in [6.07, 6.45) is 3.97. The Kier molecular flexibility index (Phi) is 2.64. The maximum Gasteiger partial charge on any atom is 0.234 e. The number of aromatic nitrogens is 5. The highest BCUT2D eigenvalue weighted by Crippen LogP contribution is 2.33. The summed E-state index contributed by atoms with van der Waals surface area (Å²) in [5.41, 5.74) is 0.657. The molecule has 0 amide bonds. The molecule has 1 aliphatic heterocycles. The number of rotatable bonds is 2. The molecule has 3 aromatic rings. The van der Waals surface area contributed by atoms with Crippen LogP contribution in [0.15, 0.2) is 18.5 Å². The second-order valence-electron chi connectivity index (χ2n) is 4.61. The highest BCUT2D eigenvalue weighted by molar-refractivity contribution is 7.19. The first-order chi connectivity index (χ1) is 9.83.